The van der Waals surface area contributed by atoms with Gasteiger partial charge in [-0.1, -0.05) is 30.7 Å². The van der Waals surface area contributed by atoms with Crippen molar-refractivity contribution in [2.24, 2.45) is 0 Å². The molecule has 0 aromatic rings. The van der Waals surface area contributed by atoms with E-state index in [0.717, 1.165) is 12.8 Å². The molecule has 14 heavy (non-hydrogen) atoms. The van der Waals surface area contributed by atoms with Crippen LogP contribution in [0.4, 0.5) is 0 Å². The van der Waals surface area contributed by atoms with Crippen molar-refractivity contribution in [2.75, 3.05) is 7.05 Å². The van der Waals surface area contributed by atoms with Crippen molar-refractivity contribution in [1.82, 2.24) is 4.90 Å². The fraction of sp³-hybridized carbons (Fsp3) is 0.692. The quantitative estimate of drug-likeness (QED) is 0.650. The van der Waals surface area contributed by atoms with Gasteiger partial charge in [0.2, 0.25) is 0 Å². The second kappa shape index (κ2) is 4.31. The van der Waals surface area contributed by atoms with Gasteiger partial charge in [0.1, 0.15) is 0 Å². The van der Waals surface area contributed by atoms with Gasteiger partial charge in [-0.2, -0.15) is 0 Å². The molecule has 0 N–H and O–H groups in total. The lowest BCUT2D eigenvalue weighted by Crippen LogP contribution is -2.44. The smallest absolute Gasteiger partial charge is 0.0318 e. The Kier molecular flexibility index (Phi) is 3.54. The molecule has 0 fully saturated rings. The molecule has 0 spiro atoms. The van der Waals surface area contributed by atoms with E-state index in [4.69, 9.17) is 0 Å². The number of nitrogens with zero attached hydrogens (tertiary/aromatic N) is 1. The molecule has 1 nitrogen and oxygen atoms in total. The summed E-state index contributed by atoms with van der Waals surface area (Å²) in [4.78, 5) is 2.44. The first-order chi connectivity index (χ1) is 6.45. The molecule has 1 atom stereocenters. The van der Waals surface area contributed by atoms with Crippen molar-refractivity contribution in [3.05, 3.63) is 23.8 Å². The second-order valence-electron chi connectivity index (χ2n) is 5.08. The summed E-state index contributed by atoms with van der Waals surface area (Å²) in [6.45, 7) is 9.00. The summed E-state index contributed by atoms with van der Waals surface area (Å²) in [7, 11) is 2.21. The van der Waals surface area contributed by atoms with Crippen LogP contribution in [0.5, 0.6) is 0 Å². The molecule has 0 heterocycles. The molecule has 0 amide bonds. The Balaban J connectivity index is 2.60. The summed E-state index contributed by atoms with van der Waals surface area (Å²) in [5.41, 5.74) is 1.73. The number of hydrogen-bond acceptors (Lipinski definition) is 1. The minimum Gasteiger partial charge on any atom is -0.295 e. The van der Waals surface area contributed by atoms with Gasteiger partial charge < -0.3 is 0 Å². The lowest BCUT2D eigenvalue weighted by molar-refractivity contribution is 0.141. The minimum atomic E-state index is 0.257. The molecule has 0 saturated carbocycles. The molecule has 0 bridgehead atoms. The maximum atomic E-state index is 2.44. The van der Waals surface area contributed by atoms with Crippen LogP contribution in [-0.2, 0) is 0 Å². The number of hydrogen-bond donors (Lipinski definition) is 0. The van der Waals surface area contributed by atoms with Crippen LogP contribution in [0.25, 0.3) is 0 Å². The molecule has 0 aromatic heterocycles. The maximum Gasteiger partial charge on any atom is 0.0318 e. The number of rotatable bonds is 2. The van der Waals surface area contributed by atoms with Crippen LogP contribution in [0.1, 0.15) is 40.5 Å². The highest BCUT2D eigenvalue weighted by molar-refractivity contribution is 5.25. The van der Waals surface area contributed by atoms with Crippen LogP contribution in [0.2, 0.25) is 0 Å². The maximum absolute atomic E-state index is 2.44. The molecule has 0 aromatic carbocycles. The number of likely N-dealkylation sites (N-methyl/N-ethyl adjacent to an activating group) is 1. The second-order valence-corrected chi connectivity index (χ2v) is 5.08. The van der Waals surface area contributed by atoms with E-state index < -0.39 is 0 Å². The zero-order chi connectivity index (χ0) is 10.8. The third-order valence-corrected chi connectivity index (χ3v) is 3.12. The van der Waals surface area contributed by atoms with Gasteiger partial charge >= 0.3 is 0 Å². The minimum absolute atomic E-state index is 0.257. The predicted octanol–water partition coefficient (Wildman–Crippen LogP) is 3.38. The fourth-order valence-electron chi connectivity index (χ4n) is 1.70. The molecule has 1 unspecified atom stereocenters. The summed E-state index contributed by atoms with van der Waals surface area (Å²) >= 11 is 0. The third-order valence-electron chi connectivity index (χ3n) is 3.12. The lowest BCUT2D eigenvalue weighted by Gasteiger charge is -2.38. The highest BCUT2D eigenvalue weighted by atomic mass is 15.2. The standard InChI is InChI=1S/C13H23N/c1-6-11-7-9-12(10-8-11)14(5)13(2,3)4/h7-9,12H,6,10H2,1-5H3. The molecule has 1 rings (SSSR count). The van der Waals surface area contributed by atoms with Crippen LogP contribution in [0.15, 0.2) is 23.8 Å². The van der Waals surface area contributed by atoms with Gasteiger partial charge in [-0.25, -0.2) is 0 Å². The predicted molar refractivity (Wildman–Crippen MR) is 63.4 cm³/mol. The van der Waals surface area contributed by atoms with Gasteiger partial charge in [-0.05, 0) is 40.7 Å². The van der Waals surface area contributed by atoms with Crippen molar-refractivity contribution >= 4 is 0 Å². The van der Waals surface area contributed by atoms with Crippen molar-refractivity contribution < 1.29 is 0 Å². The lowest BCUT2D eigenvalue weighted by atomic mass is 9.96. The van der Waals surface area contributed by atoms with E-state index in [2.05, 4.69) is 57.9 Å². The molecular weight excluding hydrogens is 170 g/mol. The molecule has 1 aliphatic carbocycles. The Morgan fingerprint density at radius 2 is 2.07 bits per heavy atom. The molecule has 0 aliphatic heterocycles. The van der Waals surface area contributed by atoms with Gasteiger partial charge in [0.25, 0.3) is 0 Å². The largest absolute Gasteiger partial charge is 0.295 e. The molecule has 1 heteroatoms. The van der Waals surface area contributed by atoms with Crippen LogP contribution in [0, 0.1) is 0 Å². The van der Waals surface area contributed by atoms with Crippen molar-refractivity contribution in [3.8, 4) is 0 Å². The van der Waals surface area contributed by atoms with E-state index in [1.807, 2.05) is 0 Å². The Hall–Kier alpha value is -0.560. The Morgan fingerprint density at radius 1 is 1.43 bits per heavy atom. The Labute approximate surface area is 88.5 Å². The van der Waals surface area contributed by atoms with Crippen LogP contribution >= 0.6 is 0 Å². The van der Waals surface area contributed by atoms with Crippen LogP contribution in [-0.4, -0.2) is 23.5 Å². The topological polar surface area (TPSA) is 3.24 Å². The highest BCUT2D eigenvalue weighted by Gasteiger charge is 2.23. The SMILES string of the molecule is CCC1=CCC(N(C)C(C)(C)C)C=C1. The van der Waals surface area contributed by atoms with E-state index in [1.54, 1.807) is 0 Å². The van der Waals surface area contributed by atoms with Crippen molar-refractivity contribution in [1.29, 1.82) is 0 Å². The van der Waals surface area contributed by atoms with Gasteiger partial charge in [0.15, 0.2) is 0 Å². The zero-order valence-corrected chi connectivity index (χ0v) is 10.2. The van der Waals surface area contributed by atoms with E-state index >= 15 is 0 Å². The van der Waals surface area contributed by atoms with E-state index in [-0.39, 0.29) is 5.54 Å². The van der Waals surface area contributed by atoms with Gasteiger partial charge in [-0.15, -0.1) is 0 Å². The average molecular weight is 193 g/mol. The van der Waals surface area contributed by atoms with Gasteiger partial charge in [0.05, 0.1) is 0 Å². The van der Waals surface area contributed by atoms with Crippen LogP contribution < -0.4 is 0 Å². The monoisotopic (exact) mass is 193 g/mol. The molecule has 80 valence electrons. The summed E-state index contributed by atoms with van der Waals surface area (Å²) in [6, 6.07) is 0.574. The summed E-state index contributed by atoms with van der Waals surface area (Å²) in [5, 5.41) is 0. The summed E-state index contributed by atoms with van der Waals surface area (Å²) < 4.78 is 0. The average Bonchev–Trinajstić information content (AvgIpc) is 2.15. The molecular formula is C13H23N. The first kappa shape index (κ1) is 11.5. The van der Waals surface area contributed by atoms with E-state index in [9.17, 15) is 0 Å². The zero-order valence-electron chi connectivity index (χ0n) is 10.2. The highest BCUT2D eigenvalue weighted by Crippen LogP contribution is 2.22. The Bertz CT molecular complexity index is 242. The molecule has 0 radical (unpaired) electrons. The molecule has 1 aliphatic rings. The Morgan fingerprint density at radius 3 is 2.43 bits per heavy atom. The molecule has 0 saturated heterocycles. The van der Waals surface area contributed by atoms with Crippen molar-refractivity contribution in [2.45, 2.75) is 52.1 Å². The summed E-state index contributed by atoms with van der Waals surface area (Å²) in [6.07, 6.45) is 9.29. The third kappa shape index (κ3) is 2.71. The van der Waals surface area contributed by atoms with E-state index in [0.29, 0.717) is 6.04 Å². The van der Waals surface area contributed by atoms with Crippen LogP contribution in [0.3, 0.4) is 0 Å². The first-order valence-corrected chi connectivity index (χ1v) is 5.55. The number of allylic oxidation sites excluding steroid dienone is 2. The fourth-order valence-corrected chi connectivity index (χ4v) is 1.70. The van der Waals surface area contributed by atoms with Crippen molar-refractivity contribution in [3.63, 3.8) is 0 Å². The summed E-state index contributed by atoms with van der Waals surface area (Å²) in [5.74, 6) is 0. The normalized spacial score (nSPS) is 22.7. The van der Waals surface area contributed by atoms with E-state index in [1.165, 1.54) is 5.57 Å². The van der Waals surface area contributed by atoms with Gasteiger partial charge in [0, 0.05) is 11.6 Å². The first-order valence-electron chi connectivity index (χ1n) is 5.55. The van der Waals surface area contributed by atoms with Gasteiger partial charge in [-0.3, -0.25) is 4.90 Å².